The molecule has 0 spiro atoms. The third kappa shape index (κ3) is 4.23. The maximum absolute atomic E-state index is 12.7. The number of aromatic nitrogens is 2. The molecular formula is C17H18F3N3O. The minimum absolute atomic E-state index is 0.289. The van der Waals surface area contributed by atoms with Gasteiger partial charge in [0.25, 0.3) is 0 Å². The number of alkyl halides is 3. The quantitative estimate of drug-likeness (QED) is 0.905. The number of hydrogen-bond acceptors (Lipinski definition) is 4. The molecule has 1 aromatic carbocycles. The number of halogens is 3. The van der Waals surface area contributed by atoms with E-state index in [1.165, 1.54) is 18.5 Å². The van der Waals surface area contributed by atoms with Crippen molar-refractivity contribution in [2.24, 2.45) is 0 Å². The Balaban J connectivity index is 1.58. The van der Waals surface area contributed by atoms with E-state index in [1.54, 1.807) is 6.07 Å². The molecule has 0 radical (unpaired) electrons. The summed E-state index contributed by atoms with van der Waals surface area (Å²) in [6.45, 7) is 1.91. The highest BCUT2D eigenvalue weighted by Gasteiger charge is 2.30. The average Bonchev–Trinajstić information content (AvgIpc) is 3.09. The SMILES string of the molecule is FC(F)(F)c1cccc(CCNc2cc([C@@H]3CCOC3)ncn2)c1. The van der Waals surface area contributed by atoms with Crippen LogP contribution in [0.5, 0.6) is 0 Å². The molecule has 1 saturated heterocycles. The molecule has 1 aromatic heterocycles. The van der Waals surface area contributed by atoms with Crippen molar-refractivity contribution in [2.45, 2.75) is 24.9 Å². The lowest BCUT2D eigenvalue weighted by Crippen LogP contribution is -2.10. The van der Waals surface area contributed by atoms with Crippen LogP contribution in [-0.2, 0) is 17.3 Å². The van der Waals surface area contributed by atoms with Gasteiger partial charge in [0, 0.05) is 25.1 Å². The van der Waals surface area contributed by atoms with Crippen molar-refractivity contribution in [1.82, 2.24) is 9.97 Å². The first-order valence-electron chi connectivity index (χ1n) is 7.82. The van der Waals surface area contributed by atoms with Crippen LogP contribution in [0.25, 0.3) is 0 Å². The molecule has 2 heterocycles. The van der Waals surface area contributed by atoms with Gasteiger partial charge in [-0.3, -0.25) is 0 Å². The second-order valence-electron chi connectivity index (χ2n) is 5.76. The minimum atomic E-state index is -4.31. The minimum Gasteiger partial charge on any atom is -0.381 e. The van der Waals surface area contributed by atoms with E-state index in [9.17, 15) is 13.2 Å². The number of nitrogens with one attached hydrogen (secondary N) is 1. The average molecular weight is 337 g/mol. The van der Waals surface area contributed by atoms with Crippen LogP contribution in [0.2, 0.25) is 0 Å². The molecule has 24 heavy (non-hydrogen) atoms. The Bertz CT molecular complexity index is 685. The van der Waals surface area contributed by atoms with Crippen molar-refractivity contribution in [3.05, 3.63) is 53.5 Å². The van der Waals surface area contributed by atoms with Crippen LogP contribution >= 0.6 is 0 Å². The van der Waals surface area contributed by atoms with Gasteiger partial charge < -0.3 is 10.1 Å². The van der Waals surface area contributed by atoms with Gasteiger partial charge in [0.2, 0.25) is 0 Å². The summed E-state index contributed by atoms with van der Waals surface area (Å²) in [6, 6.07) is 7.27. The molecule has 128 valence electrons. The molecule has 1 fully saturated rings. The summed E-state index contributed by atoms with van der Waals surface area (Å²) in [4.78, 5) is 8.43. The first-order valence-corrected chi connectivity index (χ1v) is 7.82. The van der Waals surface area contributed by atoms with Crippen LogP contribution in [0.3, 0.4) is 0 Å². The predicted octanol–water partition coefficient (Wildman–Crippen LogP) is 3.65. The van der Waals surface area contributed by atoms with Gasteiger partial charge in [-0.25, -0.2) is 9.97 Å². The summed E-state index contributed by atoms with van der Waals surface area (Å²) in [7, 11) is 0. The molecular weight excluding hydrogens is 319 g/mol. The van der Waals surface area contributed by atoms with Crippen LogP contribution in [0.1, 0.15) is 29.2 Å². The molecule has 0 saturated carbocycles. The summed E-state index contributed by atoms with van der Waals surface area (Å²) in [5.41, 5.74) is 0.949. The highest BCUT2D eigenvalue weighted by atomic mass is 19.4. The van der Waals surface area contributed by atoms with E-state index in [-0.39, 0.29) is 5.92 Å². The Morgan fingerprint density at radius 2 is 2.08 bits per heavy atom. The second kappa shape index (κ2) is 7.17. The summed E-state index contributed by atoms with van der Waals surface area (Å²) in [5, 5.41) is 3.14. The summed E-state index contributed by atoms with van der Waals surface area (Å²) in [6.07, 6.45) is -1.38. The van der Waals surface area contributed by atoms with Gasteiger partial charge >= 0.3 is 6.18 Å². The number of nitrogens with zero attached hydrogens (tertiary/aromatic N) is 2. The maximum atomic E-state index is 12.7. The molecule has 0 unspecified atom stereocenters. The molecule has 1 atom stereocenters. The van der Waals surface area contributed by atoms with Crippen LogP contribution in [-0.4, -0.2) is 29.7 Å². The number of hydrogen-bond donors (Lipinski definition) is 1. The van der Waals surface area contributed by atoms with E-state index in [2.05, 4.69) is 15.3 Å². The van der Waals surface area contributed by atoms with Gasteiger partial charge in [0.05, 0.1) is 17.9 Å². The smallest absolute Gasteiger partial charge is 0.381 e. The highest BCUT2D eigenvalue weighted by Crippen LogP contribution is 2.29. The van der Waals surface area contributed by atoms with E-state index in [1.807, 2.05) is 6.07 Å². The summed E-state index contributed by atoms with van der Waals surface area (Å²) < 4.78 is 43.5. The van der Waals surface area contributed by atoms with Crippen molar-refractivity contribution in [2.75, 3.05) is 25.1 Å². The van der Waals surface area contributed by atoms with E-state index >= 15 is 0 Å². The fourth-order valence-electron chi connectivity index (χ4n) is 2.70. The first-order chi connectivity index (χ1) is 11.5. The van der Waals surface area contributed by atoms with Gasteiger partial charge in [-0.2, -0.15) is 13.2 Å². The van der Waals surface area contributed by atoms with E-state index in [0.717, 1.165) is 24.8 Å². The van der Waals surface area contributed by atoms with Crippen LogP contribution < -0.4 is 5.32 Å². The lowest BCUT2D eigenvalue weighted by Gasteiger charge is -2.11. The number of ether oxygens (including phenoxy) is 1. The molecule has 3 rings (SSSR count). The third-order valence-corrected chi connectivity index (χ3v) is 4.01. The Morgan fingerprint density at radius 3 is 2.83 bits per heavy atom. The molecule has 7 heteroatoms. The van der Waals surface area contributed by atoms with Crippen molar-refractivity contribution in [1.29, 1.82) is 0 Å². The lowest BCUT2D eigenvalue weighted by atomic mass is 10.0. The van der Waals surface area contributed by atoms with Crippen molar-refractivity contribution >= 4 is 5.82 Å². The first kappa shape index (κ1) is 16.7. The van der Waals surface area contributed by atoms with Crippen molar-refractivity contribution < 1.29 is 17.9 Å². The Morgan fingerprint density at radius 1 is 1.21 bits per heavy atom. The van der Waals surface area contributed by atoms with Crippen molar-refractivity contribution in [3.63, 3.8) is 0 Å². The zero-order valence-corrected chi connectivity index (χ0v) is 13.0. The molecule has 1 aliphatic heterocycles. The summed E-state index contributed by atoms with van der Waals surface area (Å²) >= 11 is 0. The Kier molecular flexibility index (Phi) is 4.99. The van der Waals surface area contributed by atoms with Gasteiger partial charge in [-0.15, -0.1) is 0 Å². The molecule has 0 bridgehead atoms. The summed E-state index contributed by atoms with van der Waals surface area (Å²) in [5.74, 6) is 0.968. The second-order valence-corrected chi connectivity index (χ2v) is 5.76. The predicted molar refractivity (Wildman–Crippen MR) is 83.8 cm³/mol. The van der Waals surface area contributed by atoms with Crippen molar-refractivity contribution in [3.8, 4) is 0 Å². The normalized spacial score (nSPS) is 17.9. The van der Waals surface area contributed by atoms with Crippen LogP contribution in [0.15, 0.2) is 36.7 Å². The number of rotatable bonds is 5. The molecule has 1 N–H and O–H groups in total. The van der Waals surface area contributed by atoms with Crippen LogP contribution in [0.4, 0.5) is 19.0 Å². The molecule has 0 amide bonds. The molecule has 0 aliphatic carbocycles. The number of benzene rings is 1. The Labute approximate surface area is 138 Å². The molecule has 1 aliphatic rings. The van der Waals surface area contributed by atoms with Gasteiger partial charge in [0.15, 0.2) is 0 Å². The lowest BCUT2D eigenvalue weighted by molar-refractivity contribution is -0.137. The zero-order chi connectivity index (χ0) is 17.0. The van der Waals surface area contributed by atoms with E-state index < -0.39 is 11.7 Å². The fraction of sp³-hybridized carbons (Fsp3) is 0.412. The monoisotopic (exact) mass is 337 g/mol. The third-order valence-electron chi connectivity index (χ3n) is 4.01. The van der Waals surface area contributed by atoms with E-state index in [4.69, 9.17) is 4.74 Å². The standard InChI is InChI=1S/C17H18F3N3O/c18-17(19,20)14-3-1-2-12(8-14)4-6-21-16-9-15(22-11-23-16)13-5-7-24-10-13/h1-3,8-9,11,13H,4-7,10H2,(H,21,22,23)/t13-/m1/s1. The molecule has 4 nitrogen and oxygen atoms in total. The largest absolute Gasteiger partial charge is 0.416 e. The molecule has 2 aromatic rings. The fourth-order valence-corrected chi connectivity index (χ4v) is 2.70. The van der Waals surface area contributed by atoms with Gasteiger partial charge in [0.1, 0.15) is 12.1 Å². The van der Waals surface area contributed by atoms with Crippen LogP contribution in [0, 0.1) is 0 Å². The van der Waals surface area contributed by atoms with Gasteiger partial charge in [-0.1, -0.05) is 18.2 Å². The van der Waals surface area contributed by atoms with Gasteiger partial charge in [-0.05, 0) is 24.5 Å². The Hall–Kier alpha value is -2.15. The topological polar surface area (TPSA) is 47.0 Å². The van der Waals surface area contributed by atoms with E-state index in [0.29, 0.717) is 31.0 Å². The highest BCUT2D eigenvalue weighted by molar-refractivity contribution is 5.36. The zero-order valence-electron chi connectivity index (χ0n) is 13.0. The number of anilines is 1. The maximum Gasteiger partial charge on any atom is 0.416 e.